The highest BCUT2D eigenvalue weighted by molar-refractivity contribution is 5.98. The number of hydrogen-bond acceptors (Lipinski definition) is 3. The van der Waals surface area contributed by atoms with Gasteiger partial charge in [-0.1, -0.05) is 39.0 Å². The molecule has 116 valence electrons. The van der Waals surface area contributed by atoms with Crippen molar-refractivity contribution in [3.05, 3.63) is 35.4 Å². The molecule has 3 nitrogen and oxygen atoms in total. The van der Waals surface area contributed by atoms with Crippen molar-refractivity contribution in [3.63, 3.8) is 0 Å². The molecule has 1 saturated heterocycles. The second-order valence-electron chi connectivity index (χ2n) is 6.37. The molecule has 0 bridgehead atoms. The van der Waals surface area contributed by atoms with Crippen LogP contribution in [0.5, 0.6) is 0 Å². The van der Waals surface area contributed by atoms with Crippen LogP contribution in [-0.4, -0.2) is 31.6 Å². The maximum absolute atomic E-state index is 12.7. The Morgan fingerprint density at radius 1 is 1.38 bits per heavy atom. The van der Waals surface area contributed by atoms with Gasteiger partial charge in [-0.2, -0.15) is 0 Å². The van der Waals surface area contributed by atoms with Gasteiger partial charge in [0.15, 0.2) is 5.78 Å². The third-order valence-corrected chi connectivity index (χ3v) is 3.93. The van der Waals surface area contributed by atoms with Gasteiger partial charge in [-0.25, -0.2) is 0 Å². The molecular formula is C18H27NO2. The maximum atomic E-state index is 12.7. The Labute approximate surface area is 128 Å². The van der Waals surface area contributed by atoms with Crippen LogP contribution in [0.25, 0.3) is 0 Å². The predicted octanol–water partition coefficient (Wildman–Crippen LogP) is 3.08. The fourth-order valence-electron chi connectivity index (χ4n) is 2.88. The number of Topliss-reactive ketones (excluding diaryl/α,β-unsaturated/α-hetero) is 1. The first-order chi connectivity index (χ1) is 10.1. The molecule has 2 atom stereocenters. The average Bonchev–Trinajstić information content (AvgIpc) is 2.92. The molecular weight excluding hydrogens is 262 g/mol. The van der Waals surface area contributed by atoms with E-state index in [1.54, 1.807) is 0 Å². The Morgan fingerprint density at radius 2 is 2.19 bits per heavy atom. The van der Waals surface area contributed by atoms with Crippen molar-refractivity contribution < 1.29 is 9.53 Å². The zero-order chi connectivity index (χ0) is 15.2. The van der Waals surface area contributed by atoms with E-state index in [4.69, 9.17) is 4.74 Å². The summed E-state index contributed by atoms with van der Waals surface area (Å²) in [5.74, 6) is 0.765. The van der Waals surface area contributed by atoms with Gasteiger partial charge in [0.1, 0.15) is 0 Å². The summed E-state index contributed by atoms with van der Waals surface area (Å²) in [5.41, 5.74) is 2.07. The molecule has 0 amide bonds. The van der Waals surface area contributed by atoms with Crippen LogP contribution in [0.1, 0.15) is 43.1 Å². The Kier molecular flexibility index (Phi) is 5.95. The molecule has 0 aliphatic carbocycles. The molecule has 3 heteroatoms. The van der Waals surface area contributed by atoms with E-state index in [2.05, 4.69) is 38.2 Å². The Hall–Kier alpha value is -1.19. The van der Waals surface area contributed by atoms with E-state index >= 15 is 0 Å². The molecule has 2 unspecified atom stereocenters. The molecule has 1 heterocycles. The summed E-state index contributed by atoms with van der Waals surface area (Å²) in [6.07, 6.45) is 2.08. The third kappa shape index (κ3) is 4.39. The summed E-state index contributed by atoms with van der Waals surface area (Å²) in [6.45, 7) is 8.64. The second-order valence-corrected chi connectivity index (χ2v) is 6.37. The van der Waals surface area contributed by atoms with E-state index in [1.807, 2.05) is 12.1 Å². The highest BCUT2D eigenvalue weighted by Crippen LogP contribution is 2.21. The van der Waals surface area contributed by atoms with Gasteiger partial charge in [-0.15, -0.1) is 0 Å². The number of benzene rings is 1. The van der Waals surface area contributed by atoms with Crippen LogP contribution in [0.4, 0.5) is 0 Å². The highest BCUT2D eigenvalue weighted by Gasteiger charge is 2.34. The summed E-state index contributed by atoms with van der Waals surface area (Å²) in [7, 11) is 0. The summed E-state index contributed by atoms with van der Waals surface area (Å²) < 4.78 is 5.52. The van der Waals surface area contributed by atoms with Crippen LogP contribution in [0.3, 0.4) is 0 Å². The number of carbonyl (C=O) groups excluding carboxylic acids is 1. The van der Waals surface area contributed by atoms with Gasteiger partial charge in [0, 0.05) is 11.6 Å². The third-order valence-electron chi connectivity index (χ3n) is 3.93. The van der Waals surface area contributed by atoms with E-state index in [1.165, 1.54) is 5.56 Å². The molecule has 0 spiro atoms. The molecule has 0 aromatic heterocycles. The molecule has 0 saturated carbocycles. The lowest BCUT2D eigenvalue weighted by atomic mass is 9.91. The predicted molar refractivity (Wildman–Crippen MR) is 85.7 cm³/mol. The monoisotopic (exact) mass is 289 g/mol. The standard InChI is InChI=1S/C18H27NO2/c1-4-8-19-17-12-21-11-16(17)18(20)15-7-5-6-14(10-15)9-13(2)3/h5-7,10,13,16-17,19H,4,8-9,11-12H2,1-3H3. The number of ether oxygens (including phenoxy) is 1. The number of rotatable bonds is 7. The summed E-state index contributed by atoms with van der Waals surface area (Å²) in [5, 5.41) is 3.43. The smallest absolute Gasteiger partial charge is 0.169 e. The molecule has 1 aliphatic heterocycles. The second kappa shape index (κ2) is 7.71. The summed E-state index contributed by atoms with van der Waals surface area (Å²) in [4.78, 5) is 12.7. The van der Waals surface area contributed by atoms with Crippen molar-refractivity contribution in [1.82, 2.24) is 5.32 Å². The Morgan fingerprint density at radius 3 is 2.90 bits per heavy atom. The van der Waals surface area contributed by atoms with Gasteiger partial charge in [0.2, 0.25) is 0 Å². The number of carbonyl (C=O) groups is 1. The Bertz CT molecular complexity index is 470. The molecule has 21 heavy (non-hydrogen) atoms. The van der Waals surface area contributed by atoms with Crippen LogP contribution in [-0.2, 0) is 11.2 Å². The SMILES string of the molecule is CCCNC1COCC1C(=O)c1cccc(CC(C)C)c1. The van der Waals surface area contributed by atoms with Gasteiger partial charge in [-0.3, -0.25) is 4.79 Å². The van der Waals surface area contributed by atoms with E-state index in [0.29, 0.717) is 19.1 Å². The van der Waals surface area contributed by atoms with Crippen LogP contribution in [0, 0.1) is 11.8 Å². The van der Waals surface area contributed by atoms with Gasteiger partial charge >= 0.3 is 0 Å². The van der Waals surface area contributed by atoms with Crippen LogP contribution in [0.2, 0.25) is 0 Å². The number of nitrogens with one attached hydrogen (secondary N) is 1. The first-order valence-corrected chi connectivity index (χ1v) is 8.06. The maximum Gasteiger partial charge on any atom is 0.169 e. The lowest BCUT2D eigenvalue weighted by Crippen LogP contribution is -2.39. The van der Waals surface area contributed by atoms with Gasteiger partial charge < -0.3 is 10.1 Å². The van der Waals surface area contributed by atoms with Gasteiger partial charge in [0.05, 0.1) is 19.1 Å². The minimum Gasteiger partial charge on any atom is -0.379 e. The van der Waals surface area contributed by atoms with Crippen molar-refractivity contribution in [1.29, 1.82) is 0 Å². The molecule has 2 rings (SSSR count). The largest absolute Gasteiger partial charge is 0.379 e. The van der Waals surface area contributed by atoms with Gasteiger partial charge in [-0.05, 0) is 36.9 Å². The van der Waals surface area contributed by atoms with Crippen molar-refractivity contribution >= 4 is 5.78 Å². The van der Waals surface area contributed by atoms with Crippen LogP contribution in [0.15, 0.2) is 24.3 Å². The fourth-order valence-corrected chi connectivity index (χ4v) is 2.88. The zero-order valence-corrected chi connectivity index (χ0v) is 13.4. The number of ketones is 1. The van der Waals surface area contributed by atoms with Crippen LogP contribution >= 0.6 is 0 Å². The van der Waals surface area contributed by atoms with Crippen LogP contribution < -0.4 is 5.32 Å². The van der Waals surface area contributed by atoms with Crippen molar-refractivity contribution in [3.8, 4) is 0 Å². The lowest BCUT2D eigenvalue weighted by Gasteiger charge is -2.18. The molecule has 1 aliphatic rings. The van der Waals surface area contributed by atoms with Crippen molar-refractivity contribution in [2.24, 2.45) is 11.8 Å². The number of hydrogen-bond donors (Lipinski definition) is 1. The van der Waals surface area contributed by atoms with E-state index in [0.717, 1.165) is 24.9 Å². The minimum absolute atomic E-state index is 0.0501. The topological polar surface area (TPSA) is 38.3 Å². The molecule has 0 radical (unpaired) electrons. The average molecular weight is 289 g/mol. The first kappa shape index (κ1) is 16.2. The van der Waals surface area contributed by atoms with Crippen molar-refractivity contribution in [2.45, 2.75) is 39.7 Å². The normalized spacial score (nSPS) is 21.9. The fraction of sp³-hybridized carbons (Fsp3) is 0.611. The van der Waals surface area contributed by atoms with E-state index in [-0.39, 0.29) is 17.7 Å². The molecule has 1 aromatic carbocycles. The van der Waals surface area contributed by atoms with E-state index in [9.17, 15) is 4.79 Å². The highest BCUT2D eigenvalue weighted by atomic mass is 16.5. The molecule has 1 aromatic rings. The molecule has 1 N–H and O–H groups in total. The molecule has 1 fully saturated rings. The summed E-state index contributed by atoms with van der Waals surface area (Å²) >= 11 is 0. The lowest BCUT2D eigenvalue weighted by molar-refractivity contribution is 0.0891. The quantitative estimate of drug-likeness (QED) is 0.784. The first-order valence-electron chi connectivity index (χ1n) is 8.06. The Balaban J connectivity index is 2.08. The van der Waals surface area contributed by atoms with Gasteiger partial charge in [0.25, 0.3) is 0 Å². The van der Waals surface area contributed by atoms with Crippen molar-refractivity contribution in [2.75, 3.05) is 19.8 Å². The minimum atomic E-state index is -0.0501. The summed E-state index contributed by atoms with van der Waals surface area (Å²) in [6, 6.07) is 8.24. The van der Waals surface area contributed by atoms with E-state index < -0.39 is 0 Å². The zero-order valence-electron chi connectivity index (χ0n) is 13.4.